The largest absolute Gasteiger partial charge is 0.387 e. The van der Waals surface area contributed by atoms with Crippen LogP contribution in [0.4, 0.5) is 0 Å². The molecule has 1 aromatic carbocycles. The van der Waals surface area contributed by atoms with Crippen LogP contribution in [0.15, 0.2) is 36.7 Å². The van der Waals surface area contributed by atoms with Crippen LogP contribution in [0, 0.1) is 0 Å². The first-order valence-electron chi connectivity index (χ1n) is 7.59. The molecule has 1 aliphatic rings. The third kappa shape index (κ3) is 2.19. The Morgan fingerprint density at radius 2 is 2.14 bits per heavy atom. The fourth-order valence-electron chi connectivity index (χ4n) is 3.42. The maximum Gasteiger partial charge on any atom is 0.0929 e. The number of benzene rings is 1. The van der Waals surface area contributed by atoms with E-state index in [2.05, 4.69) is 37.1 Å². The van der Waals surface area contributed by atoms with Gasteiger partial charge >= 0.3 is 0 Å². The van der Waals surface area contributed by atoms with Gasteiger partial charge in [-0.1, -0.05) is 24.3 Å². The highest BCUT2D eigenvalue weighted by molar-refractivity contribution is 5.42. The molecule has 0 saturated heterocycles. The molecule has 2 aromatic rings. The van der Waals surface area contributed by atoms with Crippen molar-refractivity contribution in [3.8, 4) is 0 Å². The van der Waals surface area contributed by atoms with Gasteiger partial charge in [-0.25, -0.2) is 0 Å². The lowest BCUT2D eigenvalue weighted by molar-refractivity contribution is 0.0839. The standard InChI is InChI=1S/C17H23N3O/c1-12(2)20-10-14(9-19-20)16(21)17(11-18)8-7-13-5-3-4-6-15(13)17/h3-6,9-10,12,16,21H,7-8,11,18H2,1-2H3. The van der Waals surface area contributed by atoms with Crippen LogP contribution in [0.2, 0.25) is 0 Å². The minimum absolute atomic E-state index is 0.288. The molecule has 2 atom stereocenters. The number of fused-ring (bicyclic) bond motifs is 1. The molecule has 21 heavy (non-hydrogen) atoms. The SMILES string of the molecule is CC(C)n1cc(C(O)C2(CN)CCc3ccccc32)cn1. The van der Waals surface area contributed by atoms with Gasteiger partial charge in [-0.05, 0) is 37.8 Å². The topological polar surface area (TPSA) is 64.1 Å². The Hall–Kier alpha value is -1.65. The summed E-state index contributed by atoms with van der Waals surface area (Å²) in [6.45, 7) is 4.59. The Balaban J connectivity index is 2.00. The Bertz CT molecular complexity index is 634. The smallest absolute Gasteiger partial charge is 0.0929 e. The van der Waals surface area contributed by atoms with E-state index in [9.17, 15) is 5.11 Å². The number of hydrogen-bond donors (Lipinski definition) is 2. The highest BCUT2D eigenvalue weighted by atomic mass is 16.3. The average Bonchev–Trinajstić information content (AvgIpc) is 3.12. The molecule has 0 bridgehead atoms. The van der Waals surface area contributed by atoms with Crippen LogP contribution in [0.5, 0.6) is 0 Å². The molecule has 3 N–H and O–H groups in total. The molecular formula is C17H23N3O. The van der Waals surface area contributed by atoms with Crippen LogP contribution in [-0.2, 0) is 11.8 Å². The molecule has 4 nitrogen and oxygen atoms in total. The third-order valence-electron chi connectivity index (χ3n) is 4.75. The van der Waals surface area contributed by atoms with E-state index in [0.29, 0.717) is 6.54 Å². The molecule has 3 rings (SSSR count). The van der Waals surface area contributed by atoms with E-state index in [1.165, 1.54) is 11.1 Å². The summed E-state index contributed by atoms with van der Waals surface area (Å²) in [5.74, 6) is 0. The fraction of sp³-hybridized carbons (Fsp3) is 0.471. The molecular weight excluding hydrogens is 262 g/mol. The second-order valence-corrected chi connectivity index (χ2v) is 6.27. The van der Waals surface area contributed by atoms with Crippen molar-refractivity contribution in [3.05, 3.63) is 53.3 Å². The third-order valence-corrected chi connectivity index (χ3v) is 4.75. The first kappa shape index (κ1) is 14.3. The lowest BCUT2D eigenvalue weighted by atomic mass is 9.75. The van der Waals surface area contributed by atoms with E-state index in [1.54, 1.807) is 6.20 Å². The van der Waals surface area contributed by atoms with E-state index in [-0.39, 0.29) is 11.5 Å². The Morgan fingerprint density at radius 3 is 2.81 bits per heavy atom. The molecule has 0 aliphatic heterocycles. The monoisotopic (exact) mass is 285 g/mol. The van der Waals surface area contributed by atoms with E-state index in [0.717, 1.165) is 18.4 Å². The first-order chi connectivity index (χ1) is 10.1. The van der Waals surface area contributed by atoms with Crippen LogP contribution in [0.3, 0.4) is 0 Å². The lowest BCUT2D eigenvalue weighted by Crippen LogP contribution is -2.39. The van der Waals surface area contributed by atoms with Gasteiger partial charge in [0.1, 0.15) is 0 Å². The van der Waals surface area contributed by atoms with Crippen molar-refractivity contribution in [2.24, 2.45) is 5.73 Å². The van der Waals surface area contributed by atoms with Gasteiger partial charge in [-0.15, -0.1) is 0 Å². The highest BCUT2D eigenvalue weighted by Gasteiger charge is 2.44. The predicted molar refractivity (Wildman–Crippen MR) is 83.1 cm³/mol. The molecule has 0 amide bonds. The van der Waals surface area contributed by atoms with Gasteiger partial charge < -0.3 is 10.8 Å². The van der Waals surface area contributed by atoms with Gasteiger partial charge in [-0.3, -0.25) is 4.68 Å². The summed E-state index contributed by atoms with van der Waals surface area (Å²) in [6, 6.07) is 8.60. The molecule has 0 saturated carbocycles. The lowest BCUT2D eigenvalue weighted by Gasteiger charge is -2.33. The summed E-state index contributed by atoms with van der Waals surface area (Å²) >= 11 is 0. The maximum atomic E-state index is 11.0. The van der Waals surface area contributed by atoms with Gasteiger partial charge in [-0.2, -0.15) is 5.10 Å². The molecule has 0 spiro atoms. The number of rotatable bonds is 4. The zero-order chi connectivity index (χ0) is 15.0. The molecule has 4 heteroatoms. The molecule has 0 fully saturated rings. The predicted octanol–water partition coefficient (Wildman–Crippen LogP) is 2.34. The normalized spacial score (nSPS) is 22.5. The fourth-order valence-corrected chi connectivity index (χ4v) is 3.42. The summed E-state index contributed by atoms with van der Waals surface area (Å²) in [5.41, 5.74) is 9.06. The number of aliphatic hydroxyl groups excluding tert-OH is 1. The van der Waals surface area contributed by atoms with Gasteiger partial charge in [0.05, 0.1) is 12.3 Å². The Labute approximate surface area is 125 Å². The summed E-state index contributed by atoms with van der Waals surface area (Å²) in [4.78, 5) is 0. The maximum absolute atomic E-state index is 11.0. The molecule has 2 unspecified atom stereocenters. The minimum atomic E-state index is -0.612. The van der Waals surface area contributed by atoms with Crippen molar-refractivity contribution < 1.29 is 5.11 Å². The van der Waals surface area contributed by atoms with Crippen LogP contribution in [-0.4, -0.2) is 21.4 Å². The van der Waals surface area contributed by atoms with E-state index in [4.69, 9.17) is 5.73 Å². The van der Waals surface area contributed by atoms with Crippen molar-refractivity contribution in [2.45, 2.75) is 44.2 Å². The Morgan fingerprint density at radius 1 is 1.38 bits per heavy atom. The number of nitrogens with zero attached hydrogens (tertiary/aromatic N) is 2. The van der Waals surface area contributed by atoms with E-state index >= 15 is 0 Å². The van der Waals surface area contributed by atoms with Crippen molar-refractivity contribution in [1.29, 1.82) is 0 Å². The van der Waals surface area contributed by atoms with Crippen molar-refractivity contribution in [1.82, 2.24) is 9.78 Å². The number of aryl methyl sites for hydroxylation is 1. The van der Waals surface area contributed by atoms with Crippen LogP contribution in [0.25, 0.3) is 0 Å². The van der Waals surface area contributed by atoms with E-state index < -0.39 is 6.10 Å². The average molecular weight is 285 g/mol. The number of aliphatic hydroxyl groups is 1. The number of nitrogens with two attached hydrogens (primary N) is 1. The second-order valence-electron chi connectivity index (χ2n) is 6.27. The number of hydrogen-bond acceptors (Lipinski definition) is 3. The quantitative estimate of drug-likeness (QED) is 0.906. The van der Waals surface area contributed by atoms with Gasteiger partial charge in [0.25, 0.3) is 0 Å². The summed E-state index contributed by atoms with van der Waals surface area (Å²) < 4.78 is 1.88. The van der Waals surface area contributed by atoms with E-state index in [1.807, 2.05) is 16.9 Å². The second kappa shape index (κ2) is 5.28. The van der Waals surface area contributed by atoms with Crippen molar-refractivity contribution >= 4 is 0 Å². The zero-order valence-electron chi connectivity index (χ0n) is 12.7. The molecule has 0 radical (unpaired) electrons. The zero-order valence-corrected chi connectivity index (χ0v) is 12.7. The van der Waals surface area contributed by atoms with Crippen molar-refractivity contribution in [2.75, 3.05) is 6.54 Å². The highest BCUT2D eigenvalue weighted by Crippen LogP contribution is 2.46. The summed E-state index contributed by atoms with van der Waals surface area (Å²) in [7, 11) is 0. The van der Waals surface area contributed by atoms with Crippen LogP contribution >= 0.6 is 0 Å². The molecule has 1 aliphatic carbocycles. The van der Waals surface area contributed by atoms with Crippen LogP contribution in [0.1, 0.15) is 49.1 Å². The minimum Gasteiger partial charge on any atom is -0.387 e. The molecule has 1 aromatic heterocycles. The van der Waals surface area contributed by atoms with Gasteiger partial charge in [0.2, 0.25) is 0 Å². The van der Waals surface area contributed by atoms with Crippen molar-refractivity contribution in [3.63, 3.8) is 0 Å². The van der Waals surface area contributed by atoms with Gasteiger partial charge in [0.15, 0.2) is 0 Å². The van der Waals surface area contributed by atoms with Gasteiger partial charge in [0, 0.05) is 29.8 Å². The number of aromatic nitrogens is 2. The summed E-state index contributed by atoms with van der Waals surface area (Å²) in [5, 5.41) is 15.3. The molecule has 112 valence electrons. The molecule has 1 heterocycles. The first-order valence-corrected chi connectivity index (χ1v) is 7.59. The van der Waals surface area contributed by atoms with Crippen LogP contribution < -0.4 is 5.73 Å². The Kier molecular flexibility index (Phi) is 3.59. The summed E-state index contributed by atoms with van der Waals surface area (Å²) in [6.07, 6.45) is 4.95.